The summed E-state index contributed by atoms with van der Waals surface area (Å²) in [6.45, 7) is 6.74. The highest BCUT2D eigenvalue weighted by molar-refractivity contribution is 9.10. The number of ether oxygens (including phenoxy) is 1. The fourth-order valence-corrected chi connectivity index (χ4v) is 5.31. The number of ketones is 1. The van der Waals surface area contributed by atoms with Crippen LogP contribution >= 0.6 is 15.9 Å². The molecule has 3 rings (SSSR count). The maximum absolute atomic E-state index is 13.1. The van der Waals surface area contributed by atoms with Crippen molar-refractivity contribution in [3.63, 3.8) is 0 Å². The van der Waals surface area contributed by atoms with Crippen molar-refractivity contribution < 1.29 is 14.6 Å². The molecule has 2 aliphatic rings. The van der Waals surface area contributed by atoms with Crippen LogP contribution in [0.1, 0.15) is 51.5 Å². The second-order valence-corrected chi connectivity index (χ2v) is 8.83. The number of aromatic hydroxyl groups is 1. The average molecular weight is 405 g/mol. The second kappa shape index (κ2) is 6.31. The Morgan fingerprint density at radius 2 is 1.96 bits per heavy atom. The molecule has 0 spiro atoms. The summed E-state index contributed by atoms with van der Waals surface area (Å²) in [6.07, 6.45) is 8.91. The summed E-state index contributed by atoms with van der Waals surface area (Å²) in [5, 5.41) is 10.1. The van der Waals surface area contributed by atoms with Gasteiger partial charge < -0.3 is 9.84 Å². The lowest BCUT2D eigenvalue weighted by atomic mass is 9.54. The zero-order valence-electron chi connectivity index (χ0n) is 15.2. The Kier molecular flexibility index (Phi) is 4.61. The third kappa shape index (κ3) is 2.95. The number of rotatable bonds is 2. The Morgan fingerprint density at radius 3 is 2.64 bits per heavy atom. The number of hydrogen-bond donors (Lipinski definition) is 1. The van der Waals surface area contributed by atoms with Gasteiger partial charge in [0.25, 0.3) is 0 Å². The summed E-state index contributed by atoms with van der Waals surface area (Å²) in [6, 6.07) is 3.42. The fourth-order valence-electron chi connectivity index (χ4n) is 4.74. The maximum atomic E-state index is 13.1. The zero-order chi connectivity index (χ0) is 18.4. The Labute approximate surface area is 157 Å². The van der Waals surface area contributed by atoms with Gasteiger partial charge in [0.1, 0.15) is 0 Å². The van der Waals surface area contributed by atoms with E-state index in [-0.39, 0.29) is 28.3 Å². The van der Waals surface area contributed by atoms with Crippen molar-refractivity contribution in [2.24, 2.45) is 10.8 Å². The van der Waals surface area contributed by atoms with E-state index in [0.29, 0.717) is 5.75 Å². The first kappa shape index (κ1) is 18.2. The lowest BCUT2D eigenvalue weighted by molar-refractivity contribution is -0.118. The molecule has 2 atom stereocenters. The van der Waals surface area contributed by atoms with Crippen molar-refractivity contribution in [2.45, 2.75) is 46.0 Å². The summed E-state index contributed by atoms with van der Waals surface area (Å²) >= 11 is 3.56. The molecule has 1 aromatic carbocycles. The summed E-state index contributed by atoms with van der Waals surface area (Å²) < 4.78 is 6.03. The third-order valence-electron chi connectivity index (χ3n) is 5.90. The molecule has 1 N–H and O–H groups in total. The molecule has 2 aliphatic carbocycles. The van der Waals surface area contributed by atoms with Crippen LogP contribution in [0.2, 0.25) is 0 Å². The molecule has 0 amide bonds. The first-order valence-corrected chi connectivity index (χ1v) is 9.49. The maximum Gasteiger partial charge on any atom is 0.164 e. The normalized spacial score (nSPS) is 28.1. The minimum atomic E-state index is -0.305. The first-order valence-electron chi connectivity index (χ1n) is 8.70. The van der Waals surface area contributed by atoms with E-state index in [1.807, 2.05) is 6.08 Å². The van der Waals surface area contributed by atoms with Crippen LogP contribution in [-0.2, 0) is 4.79 Å². The highest BCUT2D eigenvalue weighted by Crippen LogP contribution is 2.59. The molecule has 0 unspecified atom stereocenters. The smallest absolute Gasteiger partial charge is 0.164 e. The highest BCUT2D eigenvalue weighted by Gasteiger charge is 2.49. The number of halogens is 1. The number of hydrogen-bond acceptors (Lipinski definition) is 3. The van der Waals surface area contributed by atoms with E-state index in [1.165, 1.54) is 12.7 Å². The average Bonchev–Trinajstić information content (AvgIpc) is 2.65. The second-order valence-electron chi connectivity index (χ2n) is 7.98. The van der Waals surface area contributed by atoms with Gasteiger partial charge in [-0.1, -0.05) is 60.8 Å². The van der Waals surface area contributed by atoms with Crippen molar-refractivity contribution in [3.05, 3.63) is 46.0 Å². The predicted molar refractivity (Wildman–Crippen MR) is 103 cm³/mol. The van der Waals surface area contributed by atoms with Crippen molar-refractivity contribution in [1.29, 1.82) is 0 Å². The van der Waals surface area contributed by atoms with Crippen molar-refractivity contribution in [2.75, 3.05) is 7.11 Å². The number of allylic oxidation sites excluding steroid dienone is 4. The van der Waals surface area contributed by atoms with E-state index >= 15 is 0 Å². The van der Waals surface area contributed by atoms with Gasteiger partial charge in [0, 0.05) is 9.89 Å². The molecule has 0 heterocycles. The van der Waals surface area contributed by atoms with E-state index in [2.05, 4.69) is 42.8 Å². The number of fused-ring (bicyclic) bond motifs is 1. The van der Waals surface area contributed by atoms with E-state index < -0.39 is 0 Å². The van der Waals surface area contributed by atoms with Crippen LogP contribution in [0.25, 0.3) is 0 Å². The molecule has 0 aliphatic heterocycles. The topological polar surface area (TPSA) is 46.5 Å². The minimum Gasteiger partial charge on any atom is -0.504 e. The number of phenolic OH excluding ortho intramolecular Hbond substituents is 1. The molecule has 1 saturated carbocycles. The molecule has 0 bridgehead atoms. The standard InChI is InChI=1S/C21H25BrO3/c1-20(2)9-6-10-21(3)18(20)8-5-7-15(23)19(21)13-11-17(25-4)16(24)12-14(13)22/h5,7-8,11-12,19,24H,6,9-10H2,1-4H3/t19-,21+/m1/s1. The van der Waals surface area contributed by atoms with E-state index in [9.17, 15) is 9.90 Å². The number of phenols is 1. The van der Waals surface area contributed by atoms with Crippen molar-refractivity contribution in [1.82, 2.24) is 0 Å². The molecule has 3 nitrogen and oxygen atoms in total. The SMILES string of the molecule is COc1cc([C@@H]2C(=O)C=CC=C3C(C)(C)CCC[C@@]32C)c(Br)cc1O. The summed E-state index contributed by atoms with van der Waals surface area (Å²) in [5.74, 6) is 0.254. The zero-order valence-corrected chi connectivity index (χ0v) is 16.8. The van der Waals surface area contributed by atoms with E-state index in [1.54, 1.807) is 18.2 Å². The number of methoxy groups -OCH3 is 1. The molecule has 134 valence electrons. The van der Waals surface area contributed by atoms with Crippen molar-refractivity contribution >= 4 is 21.7 Å². The minimum absolute atomic E-state index is 0.0632. The fraction of sp³-hybridized carbons (Fsp3) is 0.476. The van der Waals surface area contributed by atoms with Gasteiger partial charge in [-0.2, -0.15) is 0 Å². The highest BCUT2D eigenvalue weighted by atomic mass is 79.9. The molecule has 0 radical (unpaired) electrons. The lowest BCUT2D eigenvalue weighted by Crippen LogP contribution is -2.40. The number of carbonyl (C=O) groups is 1. The number of carbonyl (C=O) groups excluding carboxylic acids is 1. The van der Waals surface area contributed by atoms with Crippen LogP contribution in [0.4, 0.5) is 0 Å². The van der Waals surface area contributed by atoms with E-state index in [4.69, 9.17) is 4.74 Å². The number of benzene rings is 1. The van der Waals surface area contributed by atoms with Crippen LogP contribution in [0.5, 0.6) is 11.5 Å². The molecule has 0 saturated heterocycles. The summed E-state index contributed by atoms with van der Waals surface area (Å²) in [5.41, 5.74) is 2.01. The van der Waals surface area contributed by atoms with Gasteiger partial charge in [-0.25, -0.2) is 0 Å². The molecule has 4 heteroatoms. The van der Waals surface area contributed by atoms with Crippen LogP contribution in [0.3, 0.4) is 0 Å². The van der Waals surface area contributed by atoms with Gasteiger partial charge in [-0.3, -0.25) is 4.79 Å². The molecule has 0 aromatic heterocycles. The van der Waals surface area contributed by atoms with Crippen LogP contribution < -0.4 is 4.74 Å². The summed E-state index contributed by atoms with van der Waals surface area (Å²) in [7, 11) is 1.53. The van der Waals surface area contributed by atoms with Crippen LogP contribution in [0.15, 0.2) is 40.4 Å². The Morgan fingerprint density at radius 1 is 1.24 bits per heavy atom. The Bertz CT molecular complexity index is 776. The Balaban J connectivity index is 2.22. The van der Waals surface area contributed by atoms with Gasteiger partial charge in [-0.05, 0) is 42.0 Å². The molecular formula is C21H25BrO3. The van der Waals surface area contributed by atoms with Gasteiger partial charge in [0.15, 0.2) is 17.3 Å². The molecular weight excluding hydrogens is 380 g/mol. The monoisotopic (exact) mass is 404 g/mol. The summed E-state index contributed by atoms with van der Waals surface area (Å²) in [4.78, 5) is 13.1. The van der Waals surface area contributed by atoms with Crippen LogP contribution in [0, 0.1) is 10.8 Å². The van der Waals surface area contributed by atoms with Crippen LogP contribution in [-0.4, -0.2) is 18.0 Å². The van der Waals surface area contributed by atoms with E-state index in [0.717, 1.165) is 29.3 Å². The Hall–Kier alpha value is -1.55. The third-order valence-corrected chi connectivity index (χ3v) is 6.58. The molecule has 1 fully saturated rings. The van der Waals surface area contributed by atoms with Crippen molar-refractivity contribution in [3.8, 4) is 11.5 Å². The van der Waals surface area contributed by atoms with Gasteiger partial charge in [0.05, 0.1) is 13.0 Å². The first-order chi connectivity index (χ1) is 11.7. The predicted octanol–water partition coefficient (Wildman–Crippen LogP) is 5.53. The molecule has 1 aromatic rings. The largest absolute Gasteiger partial charge is 0.504 e. The quantitative estimate of drug-likeness (QED) is 0.704. The molecule has 25 heavy (non-hydrogen) atoms. The van der Waals surface area contributed by atoms with Gasteiger partial charge >= 0.3 is 0 Å². The van der Waals surface area contributed by atoms with Gasteiger partial charge in [-0.15, -0.1) is 0 Å². The lowest BCUT2D eigenvalue weighted by Gasteiger charge is -2.49. The van der Waals surface area contributed by atoms with Gasteiger partial charge in [0.2, 0.25) is 0 Å².